The van der Waals surface area contributed by atoms with Crippen LogP contribution < -0.4 is 5.73 Å². The molecule has 1 aromatic rings. The van der Waals surface area contributed by atoms with E-state index in [0.717, 1.165) is 5.56 Å². The molecule has 0 saturated heterocycles. The zero-order valence-corrected chi connectivity index (χ0v) is 14.4. The highest BCUT2D eigenvalue weighted by Gasteiger charge is 2.33. The van der Waals surface area contributed by atoms with Crippen LogP contribution in [0.1, 0.15) is 32.8 Å². The molecule has 2 N–H and O–H groups in total. The van der Waals surface area contributed by atoms with Gasteiger partial charge in [-0.05, 0) is 32.8 Å². The number of rotatable bonds is 9. The Morgan fingerprint density at radius 1 is 1.27 bits per heavy atom. The number of hydrogen-bond donors (Lipinski definition) is 1. The van der Waals surface area contributed by atoms with Gasteiger partial charge in [-0.25, -0.2) is 0 Å². The molecule has 0 aliphatic carbocycles. The van der Waals surface area contributed by atoms with E-state index in [2.05, 4.69) is 0 Å². The Bertz CT molecular complexity index is 504. The van der Waals surface area contributed by atoms with Crippen molar-refractivity contribution >= 4 is 13.3 Å². The number of carbonyl (C=O) groups is 1. The van der Waals surface area contributed by atoms with E-state index in [9.17, 15) is 9.36 Å². The van der Waals surface area contributed by atoms with E-state index < -0.39 is 13.2 Å². The van der Waals surface area contributed by atoms with E-state index >= 15 is 0 Å². The van der Waals surface area contributed by atoms with Crippen molar-refractivity contribution in [2.45, 2.75) is 45.5 Å². The Hall–Kier alpha value is -1.16. The summed E-state index contributed by atoms with van der Waals surface area (Å²) >= 11 is 0. The summed E-state index contributed by atoms with van der Waals surface area (Å²) in [6.45, 7) is 5.67. The van der Waals surface area contributed by atoms with E-state index in [1.165, 1.54) is 0 Å². The lowest BCUT2D eigenvalue weighted by molar-refractivity contribution is -0.142. The van der Waals surface area contributed by atoms with Gasteiger partial charge < -0.3 is 15.0 Å². The van der Waals surface area contributed by atoms with Gasteiger partial charge in [-0.1, -0.05) is 30.3 Å². The summed E-state index contributed by atoms with van der Waals surface area (Å²) in [5.74, 6) is -1.01. The summed E-state index contributed by atoms with van der Waals surface area (Å²) in [5.41, 5.74) is 7.15. The van der Waals surface area contributed by atoms with Crippen molar-refractivity contribution in [3.05, 3.63) is 35.9 Å². The van der Waals surface area contributed by atoms with Crippen LogP contribution in [0, 0.1) is 0 Å². The number of ether oxygens (including phenoxy) is 1. The maximum absolute atomic E-state index is 13.1. The maximum Gasteiger partial charge on any atom is 0.306 e. The van der Waals surface area contributed by atoms with Crippen molar-refractivity contribution in [2.75, 3.05) is 12.8 Å². The van der Waals surface area contributed by atoms with Gasteiger partial charge >= 0.3 is 5.97 Å². The van der Waals surface area contributed by atoms with Crippen molar-refractivity contribution in [1.82, 2.24) is 0 Å². The molecule has 0 spiro atoms. The van der Waals surface area contributed by atoms with Gasteiger partial charge in [-0.3, -0.25) is 9.36 Å². The highest BCUT2D eigenvalue weighted by Crippen LogP contribution is 2.52. The summed E-state index contributed by atoms with van der Waals surface area (Å²) in [5, 5.41) is 0. The van der Waals surface area contributed by atoms with Crippen LogP contribution in [0.5, 0.6) is 0 Å². The first-order valence-corrected chi connectivity index (χ1v) is 9.47. The van der Waals surface area contributed by atoms with Gasteiger partial charge in [0, 0.05) is 6.16 Å². The number of nitrogens with two attached hydrogens (primary N) is 1. The van der Waals surface area contributed by atoms with Gasteiger partial charge in [0.15, 0.2) is 0 Å². The number of benzene rings is 1. The van der Waals surface area contributed by atoms with Crippen LogP contribution in [0.25, 0.3) is 0 Å². The minimum absolute atomic E-state index is 0.0559. The Balaban J connectivity index is 2.76. The molecule has 5 nitrogen and oxygen atoms in total. The first kappa shape index (κ1) is 18.9. The van der Waals surface area contributed by atoms with Crippen LogP contribution in [0.15, 0.2) is 30.3 Å². The van der Waals surface area contributed by atoms with Crippen LogP contribution in [0.4, 0.5) is 0 Å². The molecule has 0 saturated carbocycles. The summed E-state index contributed by atoms with van der Waals surface area (Å²) in [6.07, 6.45) is 0.404. The molecule has 1 aromatic carbocycles. The lowest BCUT2D eigenvalue weighted by atomic mass is 10.1. The summed E-state index contributed by atoms with van der Waals surface area (Å²) in [6, 6.07) is 9.61. The average Bonchev–Trinajstić information content (AvgIpc) is 2.46. The fourth-order valence-electron chi connectivity index (χ4n) is 2.13. The first-order chi connectivity index (χ1) is 10.4. The molecular weight excluding hydrogens is 301 g/mol. The van der Waals surface area contributed by atoms with Crippen molar-refractivity contribution in [3.63, 3.8) is 0 Å². The summed E-state index contributed by atoms with van der Waals surface area (Å²) < 4.78 is 23.6. The normalized spacial score (nSPS) is 15.3. The quantitative estimate of drug-likeness (QED) is 0.557. The minimum Gasteiger partial charge on any atom is -0.466 e. The first-order valence-electron chi connectivity index (χ1n) is 7.59. The SMILES string of the molecule is CCOC(=O)CCP(=O)(OC(C)C)C(N)Cc1ccccc1. The minimum atomic E-state index is -3.13. The van der Waals surface area contributed by atoms with Crippen LogP contribution in [0.3, 0.4) is 0 Å². The molecule has 1 rings (SSSR count). The number of hydrogen-bond acceptors (Lipinski definition) is 5. The molecular formula is C16H26NO4P. The van der Waals surface area contributed by atoms with Crippen LogP contribution in [0.2, 0.25) is 0 Å². The average molecular weight is 327 g/mol. The van der Waals surface area contributed by atoms with E-state index in [1.54, 1.807) is 6.92 Å². The molecule has 22 heavy (non-hydrogen) atoms. The van der Waals surface area contributed by atoms with Crippen LogP contribution in [-0.4, -0.2) is 30.6 Å². The molecule has 0 aliphatic rings. The summed E-state index contributed by atoms with van der Waals surface area (Å²) in [4.78, 5) is 11.5. The third-order valence-electron chi connectivity index (χ3n) is 3.12. The van der Waals surface area contributed by atoms with E-state index in [0.29, 0.717) is 13.0 Å². The molecule has 0 heterocycles. The Morgan fingerprint density at radius 2 is 1.91 bits per heavy atom. The van der Waals surface area contributed by atoms with Gasteiger partial charge in [0.2, 0.25) is 7.37 Å². The second kappa shape index (κ2) is 9.09. The zero-order valence-electron chi connectivity index (χ0n) is 13.5. The second-order valence-corrected chi connectivity index (χ2v) is 8.19. The third kappa shape index (κ3) is 6.30. The molecule has 2 atom stereocenters. The zero-order chi connectivity index (χ0) is 16.6. The van der Waals surface area contributed by atoms with E-state index in [-0.39, 0.29) is 24.7 Å². The molecule has 0 aromatic heterocycles. The molecule has 2 unspecified atom stereocenters. The largest absolute Gasteiger partial charge is 0.466 e. The predicted molar refractivity (Wildman–Crippen MR) is 88.1 cm³/mol. The predicted octanol–water partition coefficient (Wildman–Crippen LogP) is 3.17. The number of esters is 1. The monoisotopic (exact) mass is 327 g/mol. The standard InChI is InChI=1S/C16H26NO4P/c1-4-20-16(18)10-11-22(19,21-13(2)3)15(17)12-14-8-6-5-7-9-14/h5-9,13,15H,4,10-12,17H2,1-3H3. The fourth-order valence-corrected chi connectivity index (χ4v) is 4.42. The molecule has 6 heteroatoms. The van der Waals surface area contributed by atoms with Crippen molar-refractivity contribution in [3.8, 4) is 0 Å². The van der Waals surface area contributed by atoms with Crippen molar-refractivity contribution in [2.24, 2.45) is 5.73 Å². The smallest absolute Gasteiger partial charge is 0.306 e. The van der Waals surface area contributed by atoms with E-state index in [4.69, 9.17) is 15.0 Å². The van der Waals surface area contributed by atoms with Gasteiger partial charge in [0.1, 0.15) is 0 Å². The van der Waals surface area contributed by atoms with Gasteiger partial charge in [0.25, 0.3) is 0 Å². The highest BCUT2D eigenvalue weighted by molar-refractivity contribution is 7.59. The van der Waals surface area contributed by atoms with Crippen molar-refractivity contribution in [1.29, 1.82) is 0 Å². The molecule has 124 valence electrons. The van der Waals surface area contributed by atoms with E-state index in [1.807, 2.05) is 44.2 Å². The Morgan fingerprint density at radius 3 is 2.45 bits per heavy atom. The lowest BCUT2D eigenvalue weighted by Crippen LogP contribution is -2.27. The molecule has 0 radical (unpaired) electrons. The van der Waals surface area contributed by atoms with Gasteiger partial charge in [-0.15, -0.1) is 0 Å². The maximum atomic E-state index is 13.1. The highest BCUT2D eigenvalue weighted by atomic mass is 31.2. The molecule has 0 bridgehead atoms. The van der Waals surface area contributed by atoms with Gasteiger partial charge in [-0.2, -0.15) is 0 Å². The Kier molecular flexibility index (Phi) is 7.80. The van der Waals surface area contributed by atoms with Crippen molar-refractivity contribution < 1.29 is 18.6 Å². The topological polar surface area (TPSA) is 78.6 Å². The molecule has 0 amide bonds. The summed E-state index contributed by atoms with van der Waals surface area (Å²) in [7, 11) is -3.13. The van der Waals surface area contributed by atoms with Crippen LogP contribution >= 0.6 is 7.37 Å². The second-order valence-electron chi connectivity index (χ2n) is 5.42. The lowest BCUT2D eigenvalue weighted by Gasteiger charge is -2.26. The number of carbonyl (C=O) groups excluding carboxylic acids is 1. The van der Waals surface area contributed by atoms with Gasteiger partial charge in [0.05, 0.1) is 24.9 Å². The Labute approximate surface area is 132 Å². The third-order valence-corrected chi connectivity index (χ3v) is 5.93. The fraction of sp³-hybridized carbons (Fsp3) is 0.562. The molecule has 0 aliphatic heterocycles. The molecule has 0 fully saturated rings. The van der Waals surface area contributed by atoms with Crippen LogP contribution in [-0.2, 0) is 25.0 Å².